The van der Waals surface area contributed by atoms with Crippen molar-refractivity contribution >= 4 is 5.84 Å². The van der Waals surface area contributed by atoms with Crippen molar-refractivity contribution in [1.82, 2.24) is 5.32 Å². The van der Waals surface area contributed by atoms with Gasteiger partial charge < -0.3 is 5.32 Å². The molecule has 0 aliphatic carbocycles. The number of nitrogens with zero attached hydrogens (tertiary/aromatic N) is 1. The van der Waals surface area contributed by atoms with Gasteiger partial charge in [0.15, 0.2) is 0 Å². The highest BCUT2D eigenvalue weighted by molar-refractivity contribution is 5.82. The molecule has 1 atom stereocenters. The molecule has 0 amide bonds. The number of aliphatic imine (C=N–C) groups is 1. The van der Waals surface area contributed by atoms with Gasteiger partial charge in [-0.2, -0.15) is 0 Å². The van der Waals surface area contributed by atoms with E-state index < -0.39 is 0 Å². The molecule has 1 unspecified atom stereocenters. The molecular formula is C11H18N2. The predicted octanol–water partition coefficient (Wildman–Crippen LogP) is 1.96. The van der Waals surface area contributed by atoms with Gasteiger partial charge in [-0.25, -0.2) is 0 Å². The molecule has 0 saturated heterocycles. The zero-order valence-electron chi connectivity index (χ0n) is 8.34. The summed E-state index contributed by atoms with van der Waals surface area (Å²) in [5, 5.41) is 3.37. The maximum absolute atomic E-state index is 5.24. The van der Waals surface area contributed by atoms with E-state index in [1.807, 2.05) is 0 Å². The Bertz CT molecular complexity index is 213. The van der Waals surface area contributed by atoms with Crippen molar-refractivity contribution in [3.8, 4) is 12.3 Å². The highest BCUT2D eigenvalue weighted by Gasteiger charge is 2.06. The first kappa shape index (κ1) is 10.1. The van der Waals surface area contributed by atoms with E-state index in [4.69, 9.17) is 6.42 Å². The Morgan fingerprint density at radius 1 is 1.54 bits per heavy atom. The summed E-state index contributed by atoms with van der Waals surface area (Å²) in [6, 6.07) is 0.363. The highest BCUT2D eigenvalue weighted by atomic mass is 15.0. The fraction of sp³-hybridized carbons (Fsp3) is 0.727. The first-order valence-corrected chi connectivity index (χ1v) is 5.06. The molecule has 0 saturated carbocycles. The highest BCUT2D eigenvalue weighted by Crippen LogP contribution is 2.06. The predicted molar refractivity (Wildman–Crippen MR) is 56.8 cm³/mol. The monoisotopic (exact) mass is 178 g/mol. The Morgan fingerprint density at radius 2 is 2.38 bits per heavy atom. The lowest BCUT2D eigenvalue weighted by Crippen LogP contribution is -2.32. The number of hydrogen-bond acceptors (Lipinski definition) is 2. The standard InChI is InChI=1S/C11H18N2/c1-3-7-10(2)13-11-8-5-4-6-9-12-11/h1,10H,4-9H2,2H3,(H,12,13). The Morgan fingerprint density at radius 3 is 3.15 bits per heavy atom. The summed E-state index contributed by atoms with van der Waals surface area (Å²) >= 11 is 0. The van der Waals surface area contributed by atoms with E-state index in [2.05, 4.69) is 23.2 Å². The molecule has 0 aromatic carbocycles. The van der Waals surface area contributed by atoms with Crippen LogP contribution in [-0.4, -0.2) is 18.4 Å². The van der Waals surface area contributed by atoms with Crippen molar-refractivity contribution in [3.63, 3.8) is 0 Å². The summed E-state index contributed by atoms with van der Waals surface area (Å²) < 4.78 is 0. The third kappa shape index (κ3) is 3.98. The van der Waals surface area contributed by atoms with Gasteiger partial charge in [0.05, 0.1) is 5.84 Å². The Hall–Kier alpha value is -0.970. The normalized spacial score (nSPS) is 19.5. The lowest BCUT2D eigenvalue weighted by Gasteiger charge is -2.13. The average molecular weight is 178 g/mol. The Kier molecular flexibility index (Phi) is 4.39. The smallest absolute Gasteiger partial charge is 0.0965 e. The number of nitrogens with one attached hydrogen (secondary N) is 1. The van der Waals surface area contributed by atoms with E-state index in [0.29, 0.717) is 6.04 Å². The van der Waals surface area contributed by atoms with E-state index in [0.717, 1.165) is 25.2 Å². The summed E-state index contributed by atoms with van der Waals surface area (Å²) in [5.74, 6) is 3.81. The van der Waals surface area contributed by atoms with Crippen LogP contribution in [0.2, 0.25) is 0 Å². The van der Waals surface area contributed by atoms with Gasteiger partial charge in [-0.1, -0.05) is 6.42 Å². The Balaban J connectivity index is 2.34. The molecule has 2 nitrogen and oxygen atoms in total. The molecule has 0 aromatic rings. The quantitative estimate of drug-likeness (QED) is 0.642. The lowest BCUT2D eigenvalue weighted by molar-refractivity contribution is 0.669. The number of amidine groups is 1. The van der Waals surface area contributed by atoms with Crippen LogP contribution in [0.25, 0.3) is 0 Å². The summed E-state index contributed by atoms with van der Waals surface area (Å²) in [5.41, 5.74) is 0. The van der Waals surface area contributed by atoms with Gasteiger partial charge in [-0.3, -0.25) is 4.99 Å². The second-order valence-electron chi connectivity index (χ2n) is 3.59. The zero-order chi connectivity index (χ0) is 9.52. The van der Waals surface area contributed by atoms with Gasteiger partial charge in [0.2, 0.25) is 0 Å². The van der Waals surface area contributed by atoms with E-state index in [1.54, 1.807) is 0 Å². The van der Waals surface area contributed by atoms with Crippen LogP contribution in [0.5, 0.6) is 0 Å². The molecule has 0 fully saturated rings. The van der Waals surface area contributed by atoms with Gasteiger partial charge in [-0.15, -0.1) is 12.3 Å². The maximum atomic E-state index is 5.24. The molecule has 2 heteroatoms. The minimum absolute atomic E-state index is 0.363. The summed E-state index contributed by atoms with van der Waals surface area (Å²) in [4.78, 5) is 4.48. The van der Waals surface area contributed by atoms with Crippen molar-refractivity contribution < 1.29 is 0 Å². The molecule has 1 N–H and O–H groups in total. The third-order valence-corrected chi connectivity index (χ3v) is 2.21. The second kappa shape index (κ2) is 5.64. The van der Waals surface area contributed by atoms with Gasteiger partial charge in [0.25, 0.3) is 0 Å². The van der Waals surface area contributed by atoms with Gasteiger partial charge >= 0.3 is 0 Å². The minimum Gasteiger partial charge on any atom is -0.370 e. The zero-order valence-corrected chi connectivity index (χ0v) is 8.34. The molecule has 13 heavy (non-hydrogen) atoms. The molecule has 1 aliphatic heterocycles. The van der Waals surface area contributed by atoms with Crippen LogP contribution in [0.3, 0.4) is 0 Å². The molecule has 0 bridgehead atoms. The van der Waals surface area contributed by atoms with Crippen LogP contribution in [0.15, 0.2) is 4.99 Å². The van der Waals surface area contributed by atoms with Crippen molar-refractivity contribution in [2.75, 3.05) is 6.54 Å². The van der Waals surface area contributed by atoms with Crippen molar-refractivity contribution in [3.05, 3.63) is 0 Å². The SMILES string of the molecule is C#CCC(C)NC1=NCCCCC1. The molecule has 1 rings (SSSR count). The summed E-state index contributed by atoms with van der Waals surface area (Å²) in [6.07, 6.45) is 10.9. The van der Waals surface area contributed by atoms with E-state index in [1.165, 1.54) is 19.3 Å². The fourth-order valence-corrected chi connectivity index (χ4v) is 1.50. The lowest BCUT2D eigenvalue weighted by atomic mass is 10.2. The fourth-order valence-electron chi connectivity index (χ4n) is 1.50. The van der Waals surface area contributed by atoms with Gasteiger partial charge in [0.1, 0.15) is 0 Å². The summed E-state index contributed by atoms with van der Waals surface area (Å²) in [6.45, 7) is 3.08. The second-order valence-corrected chi connectivity index (χ2v) is 3.59. The van der Waals surface area contributed by atoms with Crippen LogP contribution in [0.1, 0.15) is 39.0 Å². The van der Waals surface area contributed by atoms with Gasteiger partial charge in [-0.05, 0) is 19.8 Å². The molecular weight excluding hydrogens is 160 g/mol. The van der Waals surface area contributed by atoms with Crippen LogP contribution in [0.4, 0.5) is 0 Å². The van der Waals surface area contributed by atoms with Crippen LogP contribution < -0.4 is 5.32 Å². The van der Waals surface area contributed by atoms with Crippen LogP contribution in [-0.2, 0) is 0 Å². The van der Waals surface area contributed by atoms with E-state index >= 15 is 0 Å². The van der Waals surface area contributed by atoms with Gasteiger partial charge in [0, 0.05) is 25.4 Å². The molecule has 1 heterocycles. The third-order valence-electron chi connectivity index (χ3n) is 2.21. The molecule has 0 aromatic heterocycles. The van der Waals surface area contributed by atoms with Crippen molar-refractivity contribution in [1.29, 1.82) is 0 Å². The largest absolute Gasteiger partial charge is 0.370 e. The molecule has 1 aliphatic rings. The van der Waals surface area contributed by atoms with E-state index in [9.17, 15) is 0 Å². The molecule has 0 spiro atoms. The minimum atomic E-state index is 0.363. The number of rotatable bonds is 2. The molecule has 72 valence electrons. The van der Waals surface area contributed by atoms with E-state index in [-0.39, 0.29) is 0 Å². The maximum Gasteiger partial charge on any atom is 0.0965 e. The molecule has 0 radical (unpaired) electrons. The van der Waals surface area contributed by atoms with Crippen LogP contribution >= 0.6 is 0 Å². The number of hydrogen-bond donors (Lipinski definition) is 1. The average Bonchev–Trinajstić information content (AvgIpc) is 2.33. The first-order valence-electron chi connectivity index (χ1n) is 5.06. The topological polar surface area (TPSA) is 24.4 Å². The van der Waals surface area contributed by atoms with Crippen LogP contribution in [0, 0.1) is 12.3 Å². The Labute approximate surface area is 80.8 Å². The number of terminal acetylenes is 1. The first-order chi connectivity index (χ1) is 6.33. The summed E-state index contributed by atoms with van der Waals surface area (Å²) in [7, 11) is 0. The van der Waals surface area contributed by atoms with Crippen molar-refractivity contribution in [2.45, 2.75) is 45.1 Å². The van der Waals surface area contributed by atoms with Crippen molar-refractivity contribution in [2.24, 2.45) is 4.99 Å².